The normalized spacial score (nSPS) is 32.3. The molecular weight excluding hydrogens is 296 g/mol. The van der Waals surface area contributed by atoms with Crippen LogP contribution in [0.5, 0.6) is 0 Å². The molecule has 3 aliphatic carbocycles. The monoisotopic (exact) mass is 320 g/mol. The van der Waals surface area contributed by atoms with E-state index in [2.05, 4.69) is 5.32 Å². The maximum Gasteiger partial charge on any atom is 0.307 e. The number of rotatable bonds is 6. The first-order valence-electron chi connectivity index (χ1n) is 8.54. The number of nitrogens with zero attached hydrogens (tertiary/aromatic N) is 1. The SMILES string of the molecule is O=C(O)[C@@H]1[C@H](C(=O)NCCCN2CCCC2=O)[C@@H]2C=C[C@H]1CC2. The molecule has 2 amide bonds. The number of carboxylic acid groups (broad SMARTS) is 1. The average molecular weight is 320 g/mol. The highest BCUT2D eigenvalue weighted by Gasteiger charge is 2.47. The lowest BCUT2D eigenvalue weighted by Gasteiger charge is -2.41. The molecule has 6 heteroatoms. The number of amides is 2. The zero-order valence-corrected chi connectivity index (χ0v) is 13.2. The lowest BCUT2D eigenvalue weighted by atomic mass is 9.62. The van der Waals surface area contributed by atoms with Crippen molar-refractivity contribution in [2.75, 3.05) is 19.6 Å². The number of likely N-dealkylation sites (tertiary alicyclic amines) is 1. The summed E-state index contributed by atoms with van der Waals surface area (Å²) in [6, 6.07) is 0. The van der Waals surface area contributed by atoms with E-state index in [-0.39, 0.29) is 23.7 Å². The summed E-state index contributed by atoms with van der Waals surface area (Å²) in [4.78, 5) is 37.4. The van der Waals surface area contributed by atoms with Crippen molar-refractivity contribution in [2.45, 2.75) is 32.1 Å². The summed E-state index contributed by atoms with van der Waals surface area (Å²) in [5, 5.41) is 12.4. The molecule has 6 nitrogen and oxygen atoms in total. The summed E-state index contributed by atoms with van der Waals surface area (Å²) in [6.07, 6.45) is 8.00. The molecule has 0 aromatic heterocycles. The van der Waals surface area contributed by atoms with Crippen molar-refractivity contribution < 1.29 is 19.5 Å². The van der Waals surface area contributed by atoms with Gasteiger partial charge >= 0.3 is 5.97 Å². The van der Waals surface area contributed by atoms with Crippen molar-refractivity contribution >= 4 is 17.8 Å². The van der Waals surface area contributed by atoms with E-state index in [0.717, 1.165) is 25.8 Å². The Morgan fingerprint density at radius 3 is 2.48 bits per heavy atom. The molecule has 23 heavy (non-hydrogen) atoms. The van der Waals surface area contributed by atoms with Crippen LogP contribution >= 0.6 is 0 Å². The Morgan fingerprint density at radius 2 is 1.91 bits per heavy atom. The Balaban J connectivity index is 1.50. The molecule has 2 bridgehead atoms. The number of carbonyl (C=O) groups is 3. The zero-order valence-electron chi connectivity index (χ0n) is 13.2. The quantitative estimate of drug-likeness (QED) is 0.565. The second-order valence-corrected chi connectivity index (χ2v) is 6.81. The first kappa shape index (κ1) is 16.0. The summed E-state index contributed by atoms with van der Waals surface area (Å²) in [6.45, 7) is 1.97. The predicted octanol–water partition coefficient (Wildman–Crippen LogP) is 1.03. The van der Waals surface area contributed by atoms with E-state index in [1.54, 1.807) is 0 Å². The molecule has 1 heterocycles. The van der Waals surface area contributed by atoms with Crippen LogP contribution in [0.15, 0.2) is 12.2 Å². The molecule has 1 saturated carbocycles. The fourth-order valence-corrected chi connectivity index (χ4v) is 4.23. The van der Waals surface area contributed by atoms with Crippen molar-refractivity contribution in [3.8, 4) is 0 Å². The molecule has 2 fully saturated rings. The van der Waals surface area contributed by atoms with Crippen LogP contribution in [0.1, 0.15) is 32.1 Å². The van der Waals surface area contributed by atoms with E-state index in [4.69, 9.17) is 0 Å². The number of carboxylic acids is 1. The number of carbonyl (C=O) groups excluding carboxylic acids is 2. The van der Waals surface area contributed by atoms with E-state index in [9.17, 15) is 19.5 Å². The Labute approximate surface area is 135 Å². The standard InChI is InChI=1S/C17H24N2O4/c20-13-3-1-9-19(13)10-2-8-18-16(21)14-11-4-6-12(7-5-11)15(14)17(22)23/h4,6,11-12,14-15H,1-3,5,7-10H2,(H,18,21)(H,22,23)/t11-,12+,14-,15+/m1/s1. The third kappa shape index (κ3) is 3.26. The molecule has 0 radical (unpaired) electrons. The van der Waals surface area contributed by atoms with Crippen LogP contribution in [0.2, 0.25) is 0 Å². The van der Waals surface area contributed by atoms with Gasteiger partial charge in [-0.25, -0.2) is 0 Å². The number of hydrogen-bond acceptors (Lipinski definition) is 3. The summed E-state index contributed by atoms with van der Waals surface area (Å²) < 4.78 is 0. The van der Waals surface area contributed by atoms with E-state index < -0.39 is 17.8 Å². The summed E-state index contributed by atoms with van der Waals surface area (Å²) in [5.74, 6) is -1.85. The number of nitrogens with one attached hydrogen (secondary N) is 1. The van der Waals surface area contributed by atoms with Crippen LogP contribution in [-0.2, 0) is 14.4 Å². The smallest absolute Gasteiger partial charge is 0.307 e. The highest BCUT2D eigenvalue weighted by atomic mass is 16.4. The molecule has 0 spiro atoms. The van der Waals surface area contributed by atoms with Crippen molar-refractivity contribution in [2.24, 2.45) is 23.7 Å². The molecule has 4 atom stereocenters. The van der Waals surface area contributed by atoms with Crippen LogP contribution in [0.4, 0.5) is 0 Å². The van der Waals surface area contributed by atoms with Crippen molar-refractivity contribution in [3.05, 3.63) is 12.2 Å². The maximum absolute atomic E-state index is 12.5. The van der Waals surface area contributed by atoms with Gasteiger partial charge in [0.2, 0.25) is 11.8 Å². The second-order valence-electron chi connectivity index (χ2n) is 6.81. The molecule has 0 aromatic rings. The van der Waals surface area contributed by atoms with Crippen LogP contribution < -0.4 is 5.32 Å². The number of allylic oxidation sites excluding steroid dienone is 2. The van der Waals surface area contributed by atoms with E-state index >= 15 is 0 Å². The Bertz CT molecular complexity index is 531. The molecular formula is C17H24N2O4. The van der Waals surface area contributed by atoms with E-state index in [1.165, 1.54) is 0 Å². The predicted molar refractivity (Wildman–Crippen MR) is 83.4 cm³/mol. The van der Waals surface area contributed by atoms with Gasteiger partial charge in [0.25, 0.3) is 0 Å². The van der Waals surface area contributed by atoms with Gasteiger partial charge in [0.05, 0.1) is 11.8 Å². The Morgan fingerprint density at radius 1 is 1.22 bits per heavy atom. The van der Waals surface area contributed by atoms with Gasteiger partial charge in [-0.05, 0) is 37.5 Å². The third-order valence-electron chi connectivity index (χ3n) is 5.41. The minimum Gasteiger partial charge on any atom is -0.481 e. The van der Waals surface area contributed by atoms with Gasteiger partial charge in [-0.15, -0.1) is 0 Å². The van der Waals surface area contributed by atoms with Gasteiger partial charge in [0.1, 0.15) is 0 Å². The first-order chi connectivity index (χ1) is 11.1. The topological polar surface area (TPSA) is 86.7 Å². The van der Waals surface area contributed by atoms with Gasteiger partial charge in [0, 0.05) is 26.1 Å². The molecule has 1 saturated heterocycles. The molecule has 1 aliphatic heterocycles. The first-order valence-corrected chi connectivity index (χ1v) is 8.54. The van der Waals surface area contributed by atoms with Crippen molar-refractivity contribution in [3.63, 3.8) is 0 Å². The van der Waals surface area contributed by atoms with Gasteiger partial charge in [-0.1, -0.05) is 12.2 Å². The number of hydrogen-bond donors (Lipinski definition) is 2. The van der Waals surface area contributed by atoms with E-state index in [1.807, 2.05) is 17.1 Å². The van der Waals surface area contributed by atoms with Crippen LogP contribution in [0.3, 0.4) is 0 Å². The molecule has 126 valence electrons. The van der Waals surface area contributed by atoms with Crippen LogP contribution in [0.25, 0.3) is 0 Å². The number of fused-ring (bicyclic) bond motifs is 2. The fraction of sp³-hybridized carbons (Fsp3) is 0.706. The highest BCUT2D eigenvalue weighted by Crippen LogP contribution is 2.45. The van der Waals surface area contributed by atoms with Gasteiger partial charge in [0.15, 0.2) is 0 Å². The zero-order chi connectivity index (χ0) is 16.4. The largest absolute Gasteiger partial charge is 0.481 e. The van der Waals surface area contributed by atoms with Gasteiger partial charge < -0.3 is 15.3 Å². The summed E-state index contributed by atoms with van der Waals surface area (Å²) >= 11 is 0. The van der Waals surface area contributed by atoms with Gasteiger partial charge in [-0.2, -0.15) is 0 Å². The fourth-order valence-electron chi connectivity index (χ4n) is 4.23. The molecule has 4 rings (SSSR count). The van der Waals surface area contributed by atoms with Gasteiger partial charge in [-0.3, -0.25) is 14.4 Å². The minimum atomic E-state index is -0.869. The molecule has 0 unspecified atom stereocenters. The summed E-state index contributed by atoms with van der Waals surface area (Å²) in [5.41, 5.74) is 0. The molecule has 4 aliphatic rings. The number of aliphatic carboxylic acids is 1. The lowest BCUT2D eigenvalue weighted by molar-refractivity contribution is -0.153. The highest BCUT2D eigenvalue weighted by molar-refractivity contribution is 5.86. The Kier molecular flexibility index (Phi) is 4.68. The average Bonchev–Trinajstić information content (AvgIpc) is 2.96. The lowest BCUT2D eigenvalue weighted by Crippen LogP contribution is -2.49. The van der Waals surface area contributed by atoms with Crippen molar-refractivity contribution in [1.82, 2.24) is 10.2 Å². The Hall–Kier alpha value is -1.85. The second kappa shape index (κ2) is 6.72. The minimum absolute atomic E-state index is 0.0181. The maximum atomic E-state index is 12.5. The van der Waals surface area contributed by atoms with E-state index in [0.29, 0.717) is 25.9 Å². The van der Waals surface area contributed by atoms with Crippen LogP contribution in [0, 0.1) is 23.7 Å². The molecule has 2 N–H and O–H groups in total. The van der Waals surface area contributed by atoms with Crippen LogP contribution in [-0.4, -0.2) is 47.4 Å². The molecule has 0 aromatic carbocycles. The summed E-state index contributed by atoms with van der Waals surface area (Å²) in [7, 11) is 0. The third-order valence-corrected chi connectivity index (χ3v) is 5.41. The van der Waals surface area contributed by atoms with Crippen molar-refractivity contribution in [1.29, 1.82) is 0 Å².